The van der Waals surface area contributed by atoms with Crippen LogP contribution in [0, 0.1) is 5.92 Å². The molecule has 1 heterocycles. The van der Waals surface area contributed by atoms with Crippen molar-refractivity contribution in [3.05, 3.63) is 11.1 Å². The second-order valence-electron chi connectivity index (χ2n) is 3.89. The van der Waals surface area contributed by atoms with Crippen molar-refractivity contribution in [2.45, 2.75) is 40.0 Å². The number of aliphatic imine (C=N–C) groups is 1. The average Bonchev–Trinajstić information content (AvgIpc) is 2.19. The van der Waals surface area contributed by atoms with Crippen LogP contribution in [0.25, 0.3) is 0 Å². The number of carbonyl (C=O) groups is 1. The Balaban J connectivity index is 2.83. The third kappa shape index (κ3) is 2.53. The van der Waals surface area contributed by atoms with E-state index in [0.29, 0.717) is 5.92 Å². The van der Waals surface area contributed by atoms with Gasteiger partial charge >= 0.3 is 0 Å². The maximum atomic E-state index is 11.4. The first-order valence-electron chi connectivity index (χ1n) is 5.35. The number of rotatable bonds is 3. The highest BCUT2D eigenvalue weighted by Crippen LogP contribution is 2.24. The lowest BCUT2D eigenvalue weighted by Crippen LogP contribution is -2.14. The molecule has 1 atom stereocenters. The lowest BCUT2D eigenvalue weighted by Gasteiger charge is -2.20. The maximum Gasteiger partial charge on any atom is 0.155 e. The van der Waals surface area contributed by atoms with Crippen molar-refractivity contribution in [2.75, 3.05) is 6.54 Å². The number of hydrogen-bond acceptors (Lipinski definition) is 2. The molecule has 0 N–H and O–H groups in total. The van der Waals surface area contributed by atoms with Crippen LogP contribution in [0.1, 0.15) is 40.0 Å². The van der Waals surface area contributed by atoms with Gasteiger partial charge in [0, 0.05) is 12.5 Å². The molecule has 0 radical (unpaired) electrons. The molecule has 1 unspecified atom stereocenters. The summed E-state index contributed by atoms with van der Waals surface area (Å²) in [6, 6.07) is 0. The molecular weight excluding hydrogens is 174 g/mol. The first-order valence-corrected chi connectivity index (χ1v) is 5.35. The van der Waals surface area contributed by atoms with Crippen LogP contribution in [-0.4, -0.2) is 18.5 Å². The molecule has 0 fully saturated rings. The molecule has 1 aliphatic heterocycles. The Kier molecular flexibility index (Phi) is 4.05. The normalized spacial score (nSPS) is 23.2. The van der Waals surface area contributed by atoms with Gasteiger partial charge < -0.3 is 0 Å². The Morgan fingerprint density at radius 2 is 2.21 bits per heavy atom. The summed E-state index contributed by atoms with van der Waals surface area (Å²) in [5.41, 5.74) is 2.27. The van der Waals surface area contributed by atoms with Gasteiger partial charge in [-0.1, -0.05) is 12.5 Å². The van der Waals surface area contributed by atoms with E-state index in [0.717, 1.165) is 31.4 Å². The molecule has 0 spiro atoms. The van der Waals surface area contributed by atoms with Crippen molar-refractivity contribution in [3.8, 4) is 0 Å². The molecule has 0 saturated carbocycles. The molecule has 0 amide bonds. The highest BCUT2D eigenvalue weighted by molar-refractivity contribution is 5.93. The van der Waals surface area contributed by atoms with Gasteiger partial charge in [-0.15, -0.1) is 0 Å². The Hall–Kier alpha value is -0.920. The number of ketones is 1. The number of allylic oxidation sites excluding steroid dienone is 1. The zero-order valence-corrected chi connectivity index (χ0v) is 9.34. The molecule has 1 rings (SSSR count). The molecule has 78 valence electrons. The van der Waals surface area contributed by atoms with Gasteiger partial charge in [-0.3, -0.25) is 9.79 Å². The molecule has 14 heavy (non-hydrogen) atoms. The van der Waals surface area contributed by atoms with Gasteiger partial charge in [0.15, 0.2) is 5.78 Å². The SMILES string of the molecule is CC/C(C(C)=O)=C(\C)C1CCC=NC1. The lowest BCUT2D eigenvalue weighted by molar-refractivity contribution is -0.113. The van der Waals surface area contributed by atoms with E-state index in [1.807, 2.05) is 13.1 Å². The third-order valence-electron chi connectivity index (χ3n) is 2.97. The molecular formula is C12H19NO. The van der Waals surface area contributed by atoms with Crippen molar-refractivity contribution in [1.82, 2.24) is 0 Å². The minimum Gasteiger partial charge on any atom is -0.297 e. The number of nitrogens with zero attached hydrogens (tertiary/aromatic N) is 1. The summed E-state index contributed by atoms with van der Waals surface area (Å²) in [4.78, 5) is 15.6. The molecule has 0 aromatic rings. The predicted molar refractivity (Wildman–Crippen MR) is 59.8 cm³/mol. The summed E-state index contributed by atoms with van der Waals surface area (Å²) in [6.45, 7) is 6.66. The molecule has 2 heteroatoms. The fraction of sp³-hybridized carbons (Fsp3) is 0.667. The maximum absolute atomic E-state index is 11.4. The average molecular weight is 193 g/mol. The summed E-state index contributed by atoms with van der Waals surface area (Å²) in [7, 11) is 0. The van der Waals surface area contributed by atoms with E-state index in [4.69, 9.17) is 0 Å². The number of hydrogen-bond donors (Lipinski definition) is 0. The topological polar surface area (TPSA) is 29.4 Å². The van der Waals surface area contributed by atoms with Gasteiger partial charge in [0.25, 0.3) is 0 Å². The molecule has 0 aliphatic carbocycles. The van der Waals surface area contributed by atoms with E-state index in [1.54, 1.807) is 6.92 Å². The second kappa shape index (κ2) is 5.08. The van der Waals surface area contributed by atoms with E-state index >= 15 is 0 Å². The van der Waals surface area contributed by atoms with Crippen molar-refractivity contribution in [1.29, 1.82) is 0 Å². The van der Waals surface area contributed by atoms with Gasteiger partial charge in [0.2, 0.25) is 0 Å². The first-order chi connectivity index (χ1) is 6.66. The molecule has 0 aromatic heterocycles. The minimum absolute atomic E-state index is 0.222. The standard InChI is InChI=1S/C12H19NO/c1-4-12(10(3)14)9(2)11-6-5-7-13-8-11/h7,11H,4-6,8H2,1-3H3/b12-9-. The number of Topliss-reactive ketones (excluding diaryl/α,β-unsaturated/α-hetero) is 1. The Morgan fingerprint density at radius 1 is 1.50 bits per heavy atom. The highest BCUT2D eigenvalue weighted by atomic mass is 16.1. The van der Waals surface area contributed by atoms with Crippen LogP contribution in [0.5, 0.6) is 0 Å². The first kappa shape index (κ1) is 11.2. The van der Waals surface area contributed by atoms with E-state index in [1.165, 1.54) is 5.57 Å². The van der Waals surface area contributed by atoms with Gasteiger partial charge in [-0.25, -0.2) is 0 Å². The van der Waals surface area contributed by atoms with Crippen LogP contribution in [0.4, 0.5) is 0 Å². The fourth-order valence-corrected chi connectivity index (χ4v) is 2.07. The quantitative estimate of drug-likeness (QED) is 0.634. The summed E-state index contributed by atoms with van der Waals surface area (Å²) in [6.07, 6.45) is 5.04. The van der Waals surface area contributed by atoms with Crippen LogP contribution < -0.4 is 0 Å². The van der Waals surface area contributed by atoms with Crippen LogP contribution in [0.2, 0.25) is 0 Å². The third-order valence-corrected chi connectivity index (χ3v) is 2.97. The van der Waals surface area contributed by atoms with Crippen molar-refractivity contribution < 1.29 is 4.79 Å². The Labute approximate surface area is 86.1 Å². The molecule has 0 aromatic carbocycles. The van der Waals surface area contributed by atoms with Crippen LogP contribution in [0.15, 0.2) is 16.1 Å². The molecule has 1 aliphatic rings. The van der Waals surface area contributed by atoms with Crippen molar-refractivity contribution >= 4 is 12.0 Å². The van der Waals surface area contributed by atoms with Crippen molar-refractivity contribution in [2.24, 2.45) is 10.9 Å². The van der Waals surface area contributed by atoms with Gasteiger partial charge in [-0.2, -0.15) is 0 Å². The van der Waals surface area contributed by atoms with Crippen LogP contribution in [-0.2, 0) is 4.79 Å². The molecule has 2 nitrogen and oxygen atoms in total. The number of carbonyl (C=O) groups excluding carboxylic acids is 1. The summed E-state index contributed by atoms with van der Waals surface area (Å²) >= 11 is 0. The van der Waals surface area contributed by atoms with Gasteiger partial charge in [0.05, 0.1) is 0 Å². The van der Waals surface area contributed by atoms with Crippen LogP contribution >= 0.6 is 0 Å². The highest BCUT2D eigenvalue weighted by Gasteiger charge is 2.17. The zero-order valence-electron chi connectivity index (χ0n) is 9.34. The smallest absolute Gasteiger partial charge is 0.155 e. The fourth-order valence-electron chi connectivity index (χ4n) is 2.07. The van der Waals surface area contributed by atoms with Crippen LogP contribution in [0.3, 0.4) is 0 Å². The van der Waals surface area contributed by atoms with E-state index in [9.17, 15) is 4.79 Å². The summed E-state index contributed by atoms with van der Waals surface area (Å²) in [5, 5.41) is 0. The van der Waals surface area contributed by atoms with Gasteiger partial charge in [0.1, 0.15) is 0 Å². The largest absolute Gasteiger partial charge is 0.297 e. The van der Waals surface area contributed by atoms with E-state index in [2.05, 4.69) is 11.9 Å². The zero-order chi connectivity index (χ0) is 10.6. The summed E-state index contributed by atoms with van der Waals surface area (Å²) in [5.74, 6) is 0.721. The molecule has 0 saturated heterocycles. The predicted octanol–water partition coefficient (Wildman–Crippen LogP) is 2.78. The minimum atomic E-state index is 0.222. The van der Waals surface area contributed by atoms with Crippen molar-refractivity contribution in [3.63, 3.8) is 0 Å². The van der Waals surface area contributed by atoms with Gasteiger partial charge in [-0.05, 0) is 44.9 Å². The summed E-state index contributed by atoms with van der Waals surface area (Å²) < 4.78 is 0. The second-order valence-corrected chi connectivity index (χ2v) is 3.89. The Morgan fingerprint density at radius 3 is 2.64 bits per heavy atom. The monoisotopic (exact) mass is 193 g/mol. The van der Waals surface area contributed by atoms with E-state index in [-0.39, 0.29) is 5.78 Å². The van der Waals surface area contributed by atoms with E-state index < -0.39 is 0 Å². The Bertz CT molecular complexity index is 276. The molecule has 0 bridgehead atoms. The lowest BCUT2D eigenvalue weighted by atomic mass is 9.88.